The van der Waals surface area contributed by atoms with E-state index in [0.717, 1.165) is 25.8 Å². The van der Waals surface area contributed by atoms with Crippen molar-refractivity contribution in [2.75, 3.05) is 20.3 Å². The number of aromatic nitrogens is 2. The van der Waals surface area contributed by atoms with Crippen LogP contribution >= 0.6 is 0 Å². The number of aryl methyl sites for hydroxylation is 1. The van der Waals surface area contributed by atoms with E-state index in [1.165, 1.54) is 17.5 Å². The van der Waals surface area contributed by atoms with Crippen molar-refractivity contribution < 1.29 is 14.4 Å². The Kier molecular flexibility index (Phi) is 5.96. The van der Waals surface area contributed by atoms with Crippen LogP contribution in [0.25, 0.3) is 0 Å². The lowest BCUT2D eigenvalue weighted by Crippen LogP contribution is -2.32. The van der Waals surface area contributed by atoms with E-state index in [2.05, 4.69) is 39.3 Å². The fourth-order valence-electron chi connectivity index (χ4n) is 3.44. The fourth-order valence-corrected chi connectivity index (χ4v) is 3.44. The summed E-state index contributed by atoms with van der Waals surface area (Å²) in [4.78, 5) is 6.74. The first-order valence-corrected chi connectivity index (χ1v) is 8.55. The lowest BCUT2D eigenvalue weighted by molar-refractivity contribution is 0.135. The summed E-state index contributed by atoms with van der Waals surface area (Å²) < 4.78 is 10.4. The molecule has 1 atom stereocenters. The molecule has 6 heteroatoms. The smallest absolute Gasteiger partial charge is 0.240 e. The number of hydrogen-bond acceptors (Lipinski definition) is 6. The summed E-state index contributed by atoms with van der Waals surface area (Å²) in [7, 11) is 1.61. The van der Waals surface area contributed by atoms with Gasteiger partial charge in [-0.3, -0.25) is 4.90 Å². The summed E-state index contributed by atoms with van der Waals surface area (Å²) in [6.07, 6.45) is 4.16. The molecule has 3 rings (SSSR count). The Hall–Kier alpha value is -1.76. The predicted molar refractivity (Wildman–Crippen MR) is 89.2 cm³/mol. The van der Waals surface area contributed by atoms with Crippen LogP contribution < -0.4 is 0 Å². The third kappa shape index (κ3) is 4.01. The van der Waals surface area contributed by atoms with Crippen LogP contribution in [0.5, 0.6) is 0 Å². The molecule has 2 aromatic rings. The van der Waals surface area contributed by atoms with Crippen molar-refractivity contribution in [1.29, 1.82) is 0 Å². The first kappa shape index (κ1) is 17.1. The highest BCUT2D eigenvalue weighted by Gasteiger charge is 2.26. The van der Waals surface area contributed by atoms with E-state index < -0.39 is 0 Å². The number of aliphatic hydroxyl groups excluding tert-OH is 1. The van der Waals surface area contributed by atoms with E-state index in [0.29, 0.717) is 30.9 Å². The molecule has 1 aliphatic carbocycles. The van der Waals surface area contributed by atoms with Gasteiger partial charge in [0.05, 0.1) is 6.54 Å². The second-order valence-corrected chi connectivity index (χ2v) is 6.19. The number of methoxy groups -OCH3 is 1. The first-order chi connectivity index (χ1) is 11.8. The van der Waals surface area contributed by atoms with Crippen LogP contribution in [0.2, 0.25) is 0 Å². The van der Waals surface area contributed by atoms with Crippen LogP contribution in [0.3, 0.4) is 0 Å². The van der Waals surface area contributed by atoms with E-state index in [1.807, 2.05) is 0 Å². The normalized spacial score (nSPS) is 17.2. The highest BCUT2D eigenvalue weighted by Crippen LogP contribution is 2.35. The van der Waals surface area contributed by atoms with Gasteiger partial charge in [-0.1, -0.05) is 29.4 Å². The van der Waals surface area contributed by atoms with Gasteiger partial charge in [0.25, 0.3) is 0 Å². The lowest BCUT2D eigenvalue weighted by atomic mass is 9.86. The van der Waals surface area contributed by atoms with Crippen molar-refractivity contribution in [2.24, 2.45) is 0 Å². The molecule has 0 spiro atoms. The van der Waals surface area contributed by atoms with Gasteiger partial charge in [0.2, 0.25) is 5.89 Å². The molecule has 1 aliphatic rings. The highest BCUT2D eigenvalue weighted by molar-refractivity contribution is 5.32. The maximum absolute atomic E-state index is 9.25. The summed E-state index contributed by atoms with van der Waals surface area (Å²) in [6.45, 7) is 1.93. The maximum atomic E-state index is 9.25. The minimum absolute atomic E-state index is 0.184. The highest BCUT2D eigenvalue weighted by atomic mass is 16.5. The Balaban J connectivity index is 1.78. The van der Waals surface area contributed by atoms with Crippen molar-refractivity contribution in [2.45, 2.75) is 44.9 Å². The Morgan fingerprint density at radius 3 is 3.08 bits per heavy atom. The van der Waals surface area contributed by atoms with Crippen LogP contribution in [-0.4, -0.2) is 40.4 Å². The molecule has 1 N–H and O–H groups in total. The molecule has 0 radical (unpaired) electrons. The van der Waals surface area contributed by atoms with Gasteiger partial charge in [-0.2, -0.15) is 4.98 Å². The average Bonchev–Trinajstić information content (AvgIpc) is 3.05. The van der Waals surface area contributed by atoms with Gasteiger partial charge in [-0.05, 0) is 36.8 Å². The molecule has 6 nitrogen and oxygen atoms in total. The molecule has 0 bridgehead atoms. The van der Waals surface area contributed by atoms with Crippen LogP contribution in [0.1, 0.15) is 48.1 Å². The molecule has 24 heavy (non-hydrogen) atoms. The molecule has 0 saturated heterocycles. The maximum Gasteiger partial charge on any atom is 0.240 e. The average molecular weight is 331 g/mol. The molecule has 1 aromatic heterocycles. The van der Waals surface area contributed by atoms with Crippen LogP contribution in [-0.2, 0) is 24.3 Å². The molecule has 0 saturated carbocycles. The minimum Gasteiger partial charge on any atom is -0.396 e. The molecular formula is C18H25N3O3. The van der Waals surface area contributed by atoms with E-state index >= 15 is 0 Å². The molecule has 1 unspecified atom stereocenters. The molecule has 1 aromatic carbocycles. The summed E-state index contributed by atoms with van der Waals surface area (Å²) in [5.41, 5.74) is 2.81. The second kappa shape index (κ2) is 8.37. The number of nitrogens with zero attached hydrogens (tertiary/aromatic N) is 3. The van der Waals surface area contributed by atoms with Crippen LogP contribution in [0.4, 0.5) is 0 Å². The third-order valence-corrected chi connectivity index (χ3v) is 4.50. The van der Waals surface area contributed by atoms with Crippen LogP contribution in [0.15, 0.2) is 28.8 Å². The Labute approximate surface area is 142 Å². The largest absolute Gasteiger partial charge is 0.396 e. The van der Waals surface area contributed by atoms with Gasteiger partial charge in [0.1, 0.15) is 6.61 Å². The monoisotopic (exact) mass is 331 g/mol. The third-order valence-electron chi connectivity index (χ3n) is 4.50. The number of aliphatic hydroxyl groups is 1. The number of benzene rings is 1. The number of rotatable bonds is 8. The standard InChI is InChI=1S/C18H25N3O3/c1-23-13-17-19-18(24-20-17)12-21(10-5-11-22)16-9-4-7-14-6-2-3-8-15(14)16/h2-3,6,8,16,22H,4-5,7,9-13H2,1H3. The zero-order valence-electron chi connectivity index (χ0n) is 14.1. The second-order valence-electron chi connectivity index (χ2n) is 6.19. The summed E-state index contributed by atoms with van der Waals surface area (Å²) in [5, 5.41) is 13.2. The van der Waals surface area contributed by atoms with Gasteiger partial charge < -0.3 is 14.4 Å². The van der Waals surface area contributed by atoms with E-state index in [1.54, 1.807) is 7.11 Å². The van der Waals surface area contributed by atoms with Crippen molar-refractivity contribution in [1.82, 2.24) is 15.0 Å². The van der Waals surface area contributed by atoms with Crippen molar-refractivity contribution in [3.05, 3.63) is 47.1 Å². The van der Waals surface area contributed by atoms with Gasteiger partial charge in [-0.15, -0.1) is 0 Å². The van der Waals surface area contributed by atoms with E-state index in [4.69, 9.17) is 9.26 Å². The zero-order chi connectivity index (χ0) is 16.8. The van der Waals surface area contributed by atoms with Gasteiger partial charge in [0, 0.05) is 26.3 Å². The van der Waals surface area contributed by atoms with Crippen molar-refractivity contribution >= 4 is 0 Å². The number of hydrogen-bond donors (Lipinski definition) is 1. The Morgan fingerprint density at radius 2 is 2.25 bits per heavy atom. The van der Waals surface area contributed by atoms with E-state index in [-0.39, 0.29) is 6.61 Å². The first-order valence-electron chi connectivity index (χ1n) is 8.55. The van der Waals surface area contributed by atoms with Crippen molar-refractivity contribution in [3.8, 4) is 0 Å². The summed E-state index contributed by atoms with van der Waals surface area (Å²) in [5.74, 6) is 1.17. The number of fused-ring (bicyclic) bond motifs is 1. The van der Waals surface area contributed by atoms with Gasteiger partial charge in [0.15, 0.2) is 5.82 Å². The predicted octanol–water partition coefficient (Wildman–Crippen LogP) is 2.48. The SMILES string of the molecule is COCc1noc(CN(CCCO)C2CCCc3ccccc32)n1. The number of ether oxygens (including phenoxy) is 1. The molecular weight excluding hydrogens is 306 g/mol. The van der Waals surface area contributed by atoms with Crippen molar-refractivity contribution in [3.63, 3.8) is 0 Å². The topological polar surface area (TPSA) is 71.6 Å². The minimum atomic E-state index is 0.184. The lowest BCUT2D eigenvalue weighted by Gasteiger charge is -2.35. The zero-order valence-corrected chi connectivity index (χ0v) is 14.1. The quantitative estimate of drug-likeness (QED) is 0.801. The Morgan fingerprint density at radius 1 is 1.38 bits per heavy atom. The summed E-state index contributed by atoms with van der Waals surface area (Å²) >= 11 is 0. The molecule has 0 fully saturated rings. The van der Waals surface area contributed by atoms with E-state index in [9.17, 15) is 5.11 Å². The summed E-state index contributed by atoms with van der Waals surface area (Å²) in [6, 6.07) is 8.97. The fraction of sp³-hybridized carbons (Fsp3) is 0.556. The molecule has 0 aliphatic heterocycles. The Bertz CT molecular complexity index is 644. The molecule has 1 heterocycles. The van der Waals surface area contributed by atoms with Gasteiger partial charge in [-0.25, -0.2) is 0 Å². The molecule has 0 amide bonds. The van der Waals surface area contributed by atoms with Crippen LogP contribution in [0, 0.1) is 0 Å². The molecule has 130 valence electrons. The van der Waals surface area contributed by atoms with Gasteiger partial charge >= 0.3 is 0 Å².